The van der Waals surface area contributed by atoms with E-state index in [1.54, 1.807) is 4.90 Å². The number of carbonyl (C=O) groups is 1. The molecule has 37 heavy (non-hydrogen) atoms. The van der Waals surface area contributed by atoms with Gasteiger partial charge in [-0.25, -0.2) is 4.98 Å². The lowest BCUT2D eigenvalue weighted by atomic mass is 10.1. The predicted octanol–water partition coefficient (Wildman–Crippen LogP) is 3.56. The van der Waals surface area contributed by atoms with Gasteiger partial charge in [0.15, 0.2) is 0 Å². The third-order valence-corrected chi connectivity index (χ3v) is 6.56. The molecular weight excluding hydrogens is 487 g/mol. The molecule has 1 aromatic carbocycles. The van der Waals surface area contributed by atoms with E-state index in [0.29, 0.717) is 39.1 Å². The molecule has 0 spiro atoms. The highest BCUT2D eigenvalue weighted by Gasteiger charge is 2.35. The van der Waals surface area contributed by atoms with Crippen molar-refractivity contribution in [3.8, 4) is 0 Å². The molecule has 0 atom stereocenters. The number of aryl methyl sites for hydroxylation is 1. The number of benzene rings is 1. The molecule has 4 rings (SSSR count). The number of ether oxygens (including phenoxy) is 1. The Morgan fingerprint density at radius 2 is 2.00 bits per heavy atom. The number of likely N-dealkylation sites (N-methyl/N-ethyl adjacent to an activating group) is 1. The Morgan fingerprint density at radius 3 is 2.73 bits per heavy atom. The van der Waals surface area contributed by atoms with Crippen LogP contribution in [0.5, 0.6) is 0 Å². The van der Waals surface area contributed by atoms with Crippen LogP contribution in [0.1, 0.15) is 30.9 Å². The van der Waals surface area contributed by atoms with Crippen LogP contribution in [-0.2, 0) is 22.1 Å². The second kappa shape index (κ2) is 12.0. The van der Waals surface area contributed by atoms with Crippen LogP contribution in [0.15, 0.2) is 24.4 Å². The van der Waals surface area contributed by atoms with Crippen molar-refractivity contribution in [2.45, 2.75) is 32.4 Å². The number of nitrogens with zero attached hydrogens (tertiary/aromatic N) is 5. The van der Waals surface area contributed by atoms with Crippen molar-refractivity contribution in [2.75, 3.05) is 75.2 Å². The summed E-state index contributed by atoms with van der Waals surface area (Å²) in [6.07, 6.45) is -2.26. The molecule has 2 aromatic rings. The summed E-state index contributed by atoms with van der Waals surface area (Å²) in [6.45, 7) is 6.85. The lowest BCUT2D eigenvalue weighted by molar-refractivity contribution is -0.137. The Labute approximate surface area is 215 Å². The molecule has 2 saturated heterocycles. The highest BCUT2D eigenvalue weighted by Crippen LogP contribution is 2.34. The van der Waals surface area contributed by atoms with E-state index in [0.717, 1.165) is 49.3 Å². The van der Waals surface area contributed by atoms with E-state index in [4.69, 9.17) is 4.74 Å². The zero-order valence-corrected chi connectivity index (χ0v) is 21.3. The van der Waals surface area contributed by atoms with Gasteiger partial charge in [-0.15, -0.1) is 0 Å². The third kappa shape index (κ3) is 7.01. The first kappa shape index (κ1) is 26.9. The highest BCUT2D eigenvalue weighted by molar-refractivity contribution is 5.76. The molecule has 0 aliphatic carbocycles. The van der Waals surface area contributed by atoms with Gasteiger partial charge in [0.1, 0.15) is 11.4 Å². The lowest BCUT2D eigenvalue weighted by Gasteiger charge is -2.21. The summed E-state index contributed by atoms with van der Waals surface area (Å²) in [6, 6.07) is 6.02. The van der Waals surface area contributed by atoms with E-state index in [-0.39, 0.29) is 24.2 Å². The smallest absolute Gasteiger partial charge is 0.379 e. The quantitative estimate of drug-likeness (QED) is 0.485. The predicted molar refractivity (Wildman–Crippen MR) is 136 cm³/mol. The van der Waals surface area contributed by atoms with Gasteiger partial charge in [-0.3, -0.25) is 9.69 Å². The minimum Gasteiger partial charge on any atom is -0.379 e. The molecule has 0 unspecified atom stereocenters. The Hall–Kier alpha value is -3.12. The van der Waals surface area contributed by atoms with E-state index in [1.807, 2.05) is 19.1 Å². The Kier molecular flexibility index (Phi) is 8.70. The second-order valence-corrected chi connectivity index (χ2v) is 9.28. The number of anilines is 4. The number of aromatic nitrogens is 2. The molecule has 2 fully saturated rings. The fraction of sp³-hybridized carbons (Fsp3) is 0.560. The molecule has 0 radical (unpaired) electrons. The molecule has 202 valence electrons. The number of hydrogen-bond acceptors (Lipinski definition) is 8. The number of hydrogen-bond donors (Lipinski definition) is 2. The van der Waals surface area contributed by atoms with Gasteiger partial charge in [0.05, 0.1) is 26.3 Å². The van der Waals surface area contributed by atoms with Gasteiger partial charge in [0, 0.05) is 50.3 Å². The molecule has 3 heterocycles. The molecule has 0 bridgehead atoms. The first-order valence-electron chi connectivity index (χ1n) is 12.6. The maximum Gasteiger partial charge on any atom is 0.421 e. The van der Waals surface area contributed by atoms with Gasteiger partial charge in [0.25, 0.3) is 0 Å². The SMILES string of the molecule is CCc1cc(N2CCN(C)C2)ccc1Nc1ncc(C(F)(F)F)c(NCCCN2CCOCCC2=O)n1. The summed E-state index contributed by atoms with van der Waals surface area (Å²) in [5.41, 5.74) is 1.96. The monoisotopic (exact) mass is 521 g/mol. The fourth-order valence-electron chi connectivity index (χ4n) is 4.46. The number of rotatable bonds is 9. The van der Waals surface area contributed by atoms with Crippen LogP contribution < -0.4 is 15.5 Å². The van der Waals surface area contributed by atoms with Gasteiger partial charge in [-0.1, -0.05) is 6.92 Å². The van der Waals surface area contributed by atoms with Crippen molar-refractivity contribution >= 4 is 29.0 Å². The van der Waals surface area contributed by atoms with Crippen LogP contribution in [0.2, 0.25) is 0 Å². The van der Waals surface area contributed by atoms with E-state index in [1.165, 1.54) is 0 Å². The Balaban J connectivity index is 1.45. The fourth-order valence-corrected chi connectivity index (χ4v) is 4.46. The van der Waals surface area contributed by atoms with E-state index >= 15 is 0 Å². The number of nitrogens with one attached hydrogen (secondary N) is 2. The van der Waals surface area contributed by atoms with Gasteiger partial charge >= 0.3 is 6.18 Å². The van der Waals surface area contributed by atoms with Crippen molar-refractivity contribution in [1.82, 2.24) is 19.8 Å². The van der Waals surface area contributed by atoms with Gasteiger partial charge in [-0.2, -0.15) is 18.2 Å². The minimum atomic E-state index is -4.60. The lowest BCUT2D eigenvalue weighted by Crippen LogP contribution is -2.33. The van der Waals surface area contributed by atoms with Crippen molar-refractivity contribution in [2.24, 2.45) is 0 Å². The average Bonchev–Trinajstić information content (AvgIpc) is 3.20. The van der Waals surface area contributed by atoms with E-state index < -0.39 is 11.7 Å². The first-order valence-corrected chi connectivity index (χ1v) is 12.6. The van der Waals surface area contributed by atoms with Crippen LogP contribution in [0.4, 0.5) is 36.3 Å². The zero-order valence-electron chi connectivity index (χ0n) is 21.3. The van der Waals surface area contributed by atoms with E-state index in [9.17, 15) is 18.0 Å². The highest BCUT2D eigenvalue weighted by atomic mass is 19.4. The largest absolute Gasteiger partial charge is 0.421 e. The number of halogens is 3. The first-order chi connectivity index (χ1) is 17.7. The number of amides is 1. The summed E-state index contributed by atoms with van der Waals surface area (Å²) in [5.74, 6) is -0.208. The summed E-state index contributed by atoms with van der Waals surface area (Å²) in [7, 11) is 2.08. The molecule has 2 aliphatic heterocycles. The number of alkyl halides is 3. The molecule has 0 saturated carbocycles. The molecule has 1 amide bonds. The van der Waals surface area contributed by atoms with Crippen LogP contribution in [0.3, 0.4) is 0 Å². The van der Waals surface area contributed by atoms with E-state index in [2.05, 4.69) is 43.5 Å². The minimum absolute atomic E-state index is 0.00324. The van der Waals surface area contributed by atoms with Crippen molar-refractivity contribution in [3.05, 3.63) is 35.5 Å². The molecule has 9 nitrogen and oxygen atoms in total. The maximum atomic E-state index is 13.6. The maximum absolute atomic E-state index is 13.6. The van der Waals surface area contributed by atoms with Gasteiger partial charge in [0.2, 0.25) is 11.9 Å². The second-order valence-electron chi connectivity index (χ2n) is 9.28. The summed E-state index contributed by atoms with van der Waals surface area (Å²) < 4.78 is 46.2. The topological polar surface area (TPSA) is 85.9 Å². The summed E-state index contributed by atoms with van der Waals surface area (Å²) in [5, 5.41) is 5.90. The van der Waals surface area contributed by atoms with Crippen molar-refractivity contribution in [3.63, 3.8) is 0 Å². The van der Waals surface area contributed by atoms with Crippen LogP contribution in [-0.4, -0.2) is 85.3 Å². The van der Waals surface area contributed by atoms with Gasteiger partial charge in [-0.05, 0) is 43.7 Å². The molecular formula is C25H34F3N7O2. The van der Waals surface area contributed by atoms with Crippen molar-refractivity contribution in [1.29, 1.82) is 0 Å². The number of carbonyl (C=O) groups excluding carboxylic acids is 1. The third-order valence-electron chi connectivity index (χ3n) is 6.56. The van der Waals surface area contributed by atoms with Crippen molar-refractivity contribution < 1.29 is 22.7 Å². The standard InChI is InChI=1S/C25H34F3N7O2/c1-3-18-15-19(35-11-10-33(2)17-35)5-6-21(18)31-24-30-16-20(25(26,27)28)23(32-24)29-8-4-9-34-12-14-37-13-7-22(34)36/h5-6,15-16H,3-4,7-14,17H2,1-2H3,(H2,29,30,31,32). The van der Waals surface area contributed by atoms with Crippen LogP contribution in [0.25, 0.3) is 0 Å². The average molecular weight is 522 g/mol. The summed E-state index contributed by atoms with van der Waals surface area (Å²) >= 11 is 0. The Bertz CT molecular complexity index is 1080. The Morgan fingerprint density at radius 1 is 1.16 bits per heavy atom. The normalized spacial score (nSPS) is 17.3. The molecule has 2 N–H and O–H groups in total. The van der Waals surface area contributed by atoms with Crippen LogP contribution in [0, 0.1) is 0 Å². The molecule has 12 heteroatoms. The van der Waals surface area contributed by atoms with Crippen LogP contribution >= 0.6 is 0 Å². The molecule has 2 aliphatic rings. The summed E-state index contributed by atoms with van der Waals surface area (Å²) in [4.78, 5) is 26.4. The molecule has 1 aromatic heterocycles. The van der Waals surface area contributed by atoms with Gasteiger partial charge < -0.3 is 25.2 Å². The zero-order chi connectivity index (χ0) is 26.4.